The largest absolute Gasteiger partial charge is 0.503 e. The van der Waals surface area contributed by atoms with E-state index in [0.717, 1.165) is 36.9 Å². The average Bonchev–Trinajstić information content (AvgIpc) is 3.22. The molecular weight excluding hydrogens is 316 g/mol. The quantitative estimate of drug-likeness (QED) is 0.891. The summed E-state index contributed by atoms with van der Waals surface area (Å²) in [6.07, 6.45) is 4.30. The van der Waals surface area contributed by atoms with Crippen LogP contribution in [0, 0.1) is 0 Å². The van der Waals surface area contributed by atoms with Gasteiger partial charge < -0.3 is 14.9 Å². The fourth-order valence-electron chi connectivity index (χ4n) is 3.94. The van der Waals surface area contributed by atoms with E-state index in [2.05, 4.69) is 0 Å². The molecule has 0 spiro atoms. The first kappa shape index (κ1) is 17.5. The molecule has 0 bridgehead atoms. The van der Waals surface area contributed by atoms with Crippen molar-refractivity contribution in [3.8, 4) is 0 Å². The van der Waals surface area contributed by atoms with Crippen molar-refractivity contribution in [1.29, 1.82) is 0 Å². The van der Waals surface area contributed by atoms with Crippen LogP contribution in [0.5, 0.6) is 0 Å². The molecule has 1 heterocycles. The lowest BCUT2D eigenvalue weighted by Gasteiger charge is -2.32. The highest BCUT2D eigenvalue weighted by Crippen LogP contribution is 2.42. The highest BCUT2D eigenvalue weighted by Gasteiger charge is 2.46. The molecule has 1 N–H and O–H groups in total. The van der Waals surface area contributed by atoms with Crippen LogP contribution in [0.3, 0.4) is 0 Å². The van der Waals surface area contributed by atoms with Crippen LogP contribution >= 0.6 is 0 Å². The van der Waals surface area contributed by atoms with Crippen molar-refractivity contribution in [3.05, 3.63) is 41.2 Å². The Morgan fingerprint density at radius 3 is 2.32 bits per heavy atom. The minimum atomic E-state index is -0.473. The second-order valence-electron chi connectivity index (χ2n) is 7.08. The molecule has 0 saturated heterocycles. The van der Waals surface area contributed by atoms with Gasteiger partial charge in [-0.25, -0.2) is 0 Å². The Labute approximate surface area is 148 Å². The Kier molecular flexibility index (Phi) is 4.84. The van der Waals surface area contributed by atoms with Crippen LogP contribution in [0.2, 0.25) is 0 Å². The van der Waals surface area contributed by atoms with E-state index in [9.17, 15) is 14.7 Å². The molecule has 1 atom stereocenters. The molecule has 1 aliphatic carbocycles. The maximum absolute atomic E-state index is 12.7. The van der Waals surface area contributed by atoms with Crippen molar-refractivity contribution in [1.82, 2.24) is 4.90 Å². The number of amides is 1. The minimum absolute atomic E-state index is 0.0929. The Balaban J connectivity index is 2.05. The first-order valence-corrected chi connectivity index (χ1v) is 9.02. The number of hydrogen-bond donors (Lipinski definition) is 1. The zero-order chi connectivity index (χ0) is 18.1. The third-order valence-electron chi connectivity index (χ3n) is 5.31. The third kappa shape index (κ3) is 3.03. The molecule has 1 aromatic rings. The molecule has 5 nitrogen and oxygen atoms in total. The van der Waals surface area contributed by atoms with E-state index in [0.29, 0.717) is 0 Å². The second-order valence-corrected chi connectivity index (χ2v) is 7.08. The number of carbonyl (C=O) groups is 2. The fourth-order valence-corrected chi connectivity index (χ4v) is 3.94. The van der Waals surface area contributed by atoms with Gasteiger partial charge in [0, 0.05) is 32.2 Å². The van der Waals surface area contributed by atoms with Gasteiger partial charge in [0.2, 0.25) is 0 Å². The van der Waals surface area contributed by atoms with Crippen LogP contribution < -0.4 is 4.90 Å². The summed E-state index contributed by atoms with van der Waals surface area (Å²) in [6.45, 7) is 1.76. The van der Waals surface area contributed by atoms with Gasteiger partial charge in [-0.15, -0.1) is 0 Å². The van der Waals surface area contributed by atoms with Crippen molar-refractivity contribution in [2.24, 2.45) is 0 Å². The second kappa shape index (κ2) is 6.90. The number of carbonyl (C=O) groups excluding carboxylic acids is 2. The van der Waals surface area contributed by atoms with Gasteiger partial charge in [0.05, 0.1) is 11.6 Å². The predicted molar refractivity (Wildman–Crippen MR) is 97.6 cm³/mol. The van der Waals surface area contributed by atoms with Gasteiger partial charge in [-0.3, -0.25) is 9.59 Å². The van der Waals surface area contributed by atoms with E-state index >= 15 is 0 Å². The SMILES string of the molecule is CCC(=O)C1=C(O)C(=O)N(C2CCCC2)C1c1ccc(N(C)C)cc1. The van der Waals surface area contributed by atoms with Crippen molar-refractivity contribution in [3.63, 3.8) is 0 Å². The number of aliphatic hydroxyl groups is 1. The Morgan fingerprint density at radius 1 is 1.20 bits per heavy atom. The summed E-state index contributed by atoms with van der Waals surface area (Å²) in [5, 5.41) is 10.4. The molecular formula is C20H26N2O3. The molecule has 5 heteroatoms. The fraction of sp³-hybridized carbons (Fsp3) is 0.500. The highest BCUT2D eigenvalue weighted by molar-refractivity contribution is 6.09. The molecule has 1 fully saturated rings. The van der Waals surface area contributed by atoms with E-state index in [-0.39, 0.29) is 29.6 Å². The Morgan fingerprint density at radius 2 is 1.80 bits per heavy atom. The van der Waals surface area contributed by atoms with Crippen LogP contribution in [0.15, 0.2) is 35.6 Å². The summed E-state index contributed by atoms with van der Waals surface area (Å²) in [7, 11) is 3.94. The van der Waals surface area contributed by atoms with Crippen LogP contribution in [-0.2, 0) is 9.59 Å². The molecule has 1 aromatic carbocycles. The zero-order valence-electron chi connectivity index (χ0n) is 15.2. The number of anilines is 1. The highest BCUT2D eigenvalue weighted by atomic mass is 16.3. The number of aliphatic hydroxyl groups excluding tert-OH is 1. The number of hydrogen-bond acceptors (Lipinski definition) is 4. The van der Waals surface area contributed by atoms with Gasteiger partial charge in [0.15, 0.2) is 11.5 Å². The zero-order valence-corrected chi connectivity index (χ0v) is 15.2. The number of Topliss-reactive ketones (excluding diaryl/α,β-unsaturated/α-hetero) is 1. The lowest BCUT2D eigenvalue weighted by atomic mass is 9.94. The predicted octanol–water partition coefficient (Wildman–Crippen LogP) is 3.37. The molecule has 1 amide bonds. The Bertz CT molecular complexity index is 700. The molecule has 1 aliphatic heterocycles. The van der Waals surface area contributed by atoms with Gasteiger partial charge in [0.25, 0.3) is 5.91 Å². The van der Waals surface area contributed by atoms with Crippen LogP contribution in [0.1, 0.15) is 50.6 Å². The molecule has 0 aromatic heterocycles. The molecule has 2 aliphatic rings. The van der Waals surface area contributed by atoms with Crippen molar-refractivity contribution < 1.29 is 14.7 Å². The van der Waals surface area contributed by atoms with E-state index in [1.807, 2.05) is 43.3 Å². The van der Waals surface area contributed by atoms with Crippen molar-refractivity contribution in [2.75, 3.05) is 19.0 Å². The first-order valence-electron chi connectivity index (χ1n) is 9.02. The summed E-state index contributed by atoms with van der Waals surface area (Å²) >= 11 is 0. The monoisotopic (exact) mass is 342 g/mol. The molecule has 0 radical (unpaired) electrons. The lowest BCUT2D eigenvalue weighted by molar-refractivity contribution is -0.131. The van der Waals surface area contributed by atoms with Crippen molar-refractivity contribution in [2.45, 2.75) is 51.1 Å². The number of ketones is 1. The summed E-state index contributed by atoms with van der Waals surface area (Å²) < 4.78 is 0. The summed E-state index contributed by atoms with van der Waals surface area (Å²) in [6, 6.07) is 7.49. The summed E-state index contributed by atoms with van der Waals surface area (Å²) in [5.41, 5.74) is 2.20. The van der Waals surface area contributed by atoms with E-state index in [4.69, 9.17) is 0 Å². The van der Waals surface area contributed by atoms with E-state index in [1.165, 1.54) is 0 Å². The summed E-state index contributed by atoms with van der Waals surface area (Å²) in [4.78, 5) is 29.0. The molecule has 134 valence electrons. The van der Waals surface area contributed by atoms with Gasteiger partial charge in [-0.2, -0.15) is 0 Å². The molecule has 3 rings (SSSR count). The average molecular weight is 342 g/mol. The van der Waals surface area contributed by atoms with E-state index < -0.39 is 11.9 Å². The minimum Gasteiger partial charge on any atom is -0.503 e. The van der Waals surface area contributed by atoms with Crippen molar-refractivity contribution >= 4 is 17.4 Å². The van der Waals surface area contributed by atoms with Crippen LogP contribution in [0.25, 0.3) is 0 Å². The van der Waals surface area contributed by atoms with Crippen LogP contribution in [-0.4, -0.2) is 41.8 Å². The van der Waals surface area contributed by atoms with Gasteiger partial charge in [0.1, 0.15) is 0 Å². The normalized spacial score (nSPS) is 21.3. The standard InChI is InChI=1S/C20H26N2O3/c1-4-16(23)17-18(13-9-11-14(12-10-13)21(2)3)22(20(25)19(17)24)15-7-5-6-8-15/h9-12,15,18,24H,4-8H2,1-3H3. The molecule has 25 heavy (non-hydrogen) atoms. The maximum atomic E-state index is 12.7. The number of benzene rings is 1. The first-order chi connectivity index (χ1) is 12.0. The van der Waals surface area contributed by atoms with Crippen LogP contribution in [0.4, 0.5) is 5.69 Å². The Hall–Kier alpha value is -2.30. The summed E-state index contributed by atoms with van der Waals surface area (Å²) in [5.74, 6) is -0.918. The number of rotatable bonds is 5. The lowest BCUT2D eigenvalue weighted by Crippen LogP contribution is -2.38. The molecule has 1 unspecified atom stereocenters. The van der Waals surface area contributed by atoms with Gasteiger partial charge in [-0.1, -0.05) is 31.9 Å². The van der Waals surface area contributed by atoms with Gasteiger partial charge in [-0.05, 0) is 30.5 Å². The third-order valence-corrected chi connectivity index (χ3v) is 5.31. The number of nitrogens with zero attached hydrogens (tertiary/aromatic N) is 2. The van der Waals surface area contributed by atoms with Gasteiger partial charge >= 0.3 is 0 Å². The smallest absolute Gasteiger partial charge is 0.290 e. The topological polar surface area (TPSA) is 60.9 Å². The van der Waals surface area contributed by atoms with E-state index in [1.54, 1.807) is 11.8 Å². The molecule has 1 saturated carbocycles. The maximum Gasteiger partial charge on any atom is 0.290 e.